The van der Waals surface area contributed by atoms with Crippen LogP contribution in [0.25, 0.3) is 0 Å². The van der Waals surface area contributed by atoms with E-state index in [-0.39, 0.29) is 36.0 Å². The summed E-state index contributed by atoms with van der Waals surface area (Å²) >= 11 is 0.721. The highest BCUT2D eigenvalue weighted by Gasteiger charge is 2.36. The highest BCUT2D eigenvalue weighted by Crippen LogP contribution is 2.41. The van der Waals surface area contributed by atoms with E-state index in [9.17, 15) is 14.4 Å². The van der Waals surface area contributed by atoms with Crippen LogP contribution >= 0.6 is 11.5 Å². The Labute approximate surface area is 229 Å². The number of hydrogen-bond acceptors (Lipinski definition) is 10. The van der Waals surface area contributed by atoms with Crippen LogP contribution in [-0.4, -0.2) is 68.6 Å². The van der Waals surface area contributed by atoms with Gasteiger partial charge in [0.1, 0.15) is 10.9 Å². The predicted molar refractivity (Wildman–Crippen MR) is 145 cm³/mol. The lowest BCUT2D eigenvalue weighted by atomic mass is 10.0. The molecule has 5 N–H and O–H groups in total. The van der Waals surface area contributed by atoms with E-state index in [1.54, 1.807) is 12.1 Å². The lowest BCUT2D eigenvalue weighted by Gasteiger charge is -2.31. The summed E-state index contributed by atoms with van der Waals surface area (Å²) in [6.07, 6.45) is 0. The SMILES string of the molecule is COCCN(C(=O)c1snc(C(N)=O)c1N)[C@@H](C(=O)NCc1ccccc1)c1cc(OC)c(OC)c(OC)c1. The highest BCUT2D eigenvalue weighted by atomic mass is 32.1. The van der Waals surface area contributed by atoms with Gasteiger partial charge in [-0.1, -0.05) is 30.3 Å². The molecule has 39 heavy (non-hydrogen) atoms. The van der Waals surface area contributed by atoms with Crippen molar-refractivity contribution >= 4 is 34.9 Å². The minimum absolute atomic E-state index is 0.00133. The Morgan fingerprint density at radius 3 is 2.18 bits per heavy atom. The van der Waals surface area contributed by atoms with Crippen molar-refractivity contribution in [1.82, 2.24) is 14.6 Å². The summed E-state index contributed by atoms with van der Waals surface area (Å²) in [5.74, 6) is -1.09. The lowest BCUT2D eigenvalue weighted by Crippen LogP contribution is -2.45. The molecule has 12 nitrogen and oxygen atoms in total. The summed E-state index contributed by atoms with van der Waals surface area (Å²) in [6, 6.07) is 11.3. The number of carbonyl (C=O) groups is 3. The lowest BCUT2D eigenvalue weighted by molar-refractivity contribution is -0.126. The normalized spacial score (nSPS) is 11.4. The third-order valence-corrected chi connectivity index (χ3v) is 6.68. The van der Waals surface area contributed by atoms with Crippen molar-refractivity contribution in [2.45, 2.75) is 12.6 Å². The minimum atomic E-state index is -1.19. The van der Waals surface area contributed by atoms with Crippen LogP contribution in [0.3, 0.4) is 0 Å². The maximum absolute atomic E-state index is 13.9. The molecule has 0 radical (unpaired) electrons. The van der Waals surface area contributed by atoms with Crippen LogP contribution < -0.4 is 31.0 Å². The van der Waals surface area contributed by atoms with Gasteiger partial charge < -0.3 is 40.6 Å². The number of hydrogen-bond donors (Lipinski definition) is 3. The number of methoxy groups -OCH3 is 4. The molecule has 0 aliphatic carbocycles. The van der Waals surface area contributed by atoms with Gasteiger partial charge in [0, 0.05) is 20.2 Å². The van der Waals surface area contributed by atoms with E-state index in [2.05, 4.69) is 9.69 Å². The number of aromatic nitrogens is 1. The number of carbonyl (C=O) groups excluding carboxylic acids is 3. The zero-order valence-corrected chi connectivity index (χ0v) is 22.9. The summed E-state index contributed by atoms with van der Waals surface area (Å²) < 4.78 is 25.6. The number of ether oxygens (including phenoxy) is 4. The molecule has 13 heteroatoms. The first-order valence-electron chi connectivity index (χ1n) is 11.7. The van der Waals surface area contributed by atoms with Gasteiger partial charge in [-0.05, 0) is 34.8 Å². The molecule has 3 amide bonds. The minimum Gasteiger partial charge on any atom is -0.493 e. The fraction of sp³-hybridized carbons (Fsp3) is 0.308. The molecule has 0 saturated carbocycles. The Kier molecular flexibility index (Phi) is 10.1. The van der Waals surface area contributed by atoms with Crippen molar-refractivity contribution < 1.29 is 33.3 Å². The third kappa shape index (κ3) is 6.56. The maximum Gasteiger partial charge on any atom is 0.270 e. The molecule has 1 aromatic heterocycles. The molecule has 0 saturated heterocycles. The van der Waals surface area contributed by atoms with E-state index in [1.165, 1.54) is 33.3 Å². The van der Waals surface area contributed by atoms with Crippen molar-refractivity contribution in [3.05, 3.63) is 64.2 Å². The second-order valence-corrected chi connectivity index (χ2v) is 8.97. The first-order chi connectivity index (χ1) is 18.8. The smallest absolute Gasteiger partial charge is 0.270 e. The van der Waals surface area contributed by atoms with Gasteiger partial charge in [-0.3, -0.25) is 14.4 Å². The Balaban J connectivity index is 2.14. The molecule has 1 atom stereocenters. The molecule has 0 fully saturated rings. The van der Waals surface area contributed by atoms with E-state index in [1.807, 2.05) is 30.3 Å². The fourth-order valence-corrected chi connectivity index (χ4v) is 4.67. The molecule has 0 spiro atoms. The summed E-state index contributed by atoms with van der Waals surface area (Å²) in [5, 5.41) is 2.90. The van der Waals surface area contributed by atoms with Gasteiger partial charge in [-0.25, -0.2) is 0 Å². The number of primary amides is 1. The van der Waals surface area contributed by atoms with Crippen molar-refractivity contribution in [2.75, 3.05) is 47.3 Å². The number of nitrogens with one attached hydrogen (secondary N) is 1. The number of anilines is 1. The predicted octanol–water partition coefficient (Wildman–Crippen LogP) is 2.00. The van der Waals surface area contributed by atoms with Crippen LogP contribution in [0.1, 0.15) is 37.3 Å². The van der Waals surface area contributed by atoms with Gasteiger partial charge in [0.05, 0.1) is 33.6 Å². The van der Waals surface area contributed by atoms with Crippen molar-refractivity contribution in [1.29, 1.82) is 0 Å². The number of nitrogens with two attached hydrogens (primary N) is 2. The van der Waals surface area contributed by atoms with Gasteiger partial charge in [0.2, 0.25) is 11.7 Å². The van der Waals surface area contributed by atoms with E-state index in [4.69, 9.17) is 30.4 Å². The molecule has 208 valence electrons. The van der Waals surface area contributed by atoms with E-state index < -0.39 is 23.8 Å². The first kappa shape index (κ1) is 29.2. The van der Waals surface area contributed by atoms with Gasteiger partial charge in [0.15, 0.2) is 17.2 Å². The average Bonchev–Trinajstić information content (AvgIpc) is 3.34. The van der Waals surface area contributed by atoms with Crippen LogP contribution in [0.2, 0.25) is 0 Å². The van der Waals surface area contributed by atoms with Crippen LogP contribution in [0, 0.1) is 0 Å². The fourth-order valence-electron chi connectivity index (χ4n) is 3.91. The summed E-state index contributed by atoms with van der Waals surface area (Å²) in [7, 11) is 5.83. The van der Waals surface area contributed by atoms with Crippen molar-refractivity contribution in [3.8, 4) is 17.2 Å². The molecule has 3 aromatic rings. The second kappa shape index (κ2) is 13.4. The van der Waals surface area contributed by atoms with E-state index in [0.717, 1.165) is 17.1 Å². The Morgan fingerprint density at radius 1 is 1.03 bits per heavy atom. The van der Waals surface area contributed by atoms with Gasteiger partial charge in [-0.2, -0.15) is 4.37 Å². The first-order valence-corrected chi connectivity index (χ1v) is 12.5. The number of rotatable bonds is 13. The topological polar surface area (TPSA) is 168 Å². The molecular weight excluding hydrogens is 526 g/mol. The highest BCUT2D eigenvalue weighted by molar-refractivity contribution is 7.09. The number of benzene rings is 2. The Bertz CT molecular complexity index is 1290. The standard InChI is InChI=1S/C26H31N5O7S/c1-35-11-10-31(26(34)23-19(27)20(24(28)32)30-39-23)21(25(33)29-14-15-8-6-5-7-9-15)16-12-17(36-2)22(38-4)18(13-16)37-3/h5-9,12-13,21H,10-11,14,27H2,1-4H3,(H2,28,32)(H,29,33)/t21-/m1/s1. The van der Waals surface area contributed by atoms with Crippen LogP contribution in [0.4, 0.5) is 5.69 Å². The van der Waals surface area contributed by atoms with Gasteiger partial charge >= 0.3 is 0 Å². The van der Waals surface area contributed by atoms with Crippen molar-refractivity contribution in [2.24, 2.45) is 5.73 Å². The molecule has 0 aliphatic rings. The summed E-state index contributed by atoms with van der Waals surface area (Å²) in [4.78, 5) is 40.7. The zero-order chi connectivity index (χ0) is 28.5. The maximum atomic E-state index is 13.9. The molecule has 0 unspecified atom stereocenters. The number of nitrogens with zero attached hydrogens (tertiary/aromatic N) is 2. The van der Waals surface area contributed by atoms with E-state index in [0.29, 0.717) is 22.8 Å². The van der Waals surface area contributed by atoms with E-state index >= 15 is 0 Å². The molecule has 2 aromatic carbocycles. The molecule has 0 bridgehead atoms. The molecule has 0 aliphatic heterocycles. The third-order valence-electron chi connectivity index (χ3n) is 5.83. The molecular formula is C26H31N5O7S. The molecule has 1 heterocycles. The van der Waals surface area contributed by atoms with Gasteiger partial charge in [0.25, 0.3) is 11.8 Å². The van der Waals surface area contributed by atoms with Gasteiger partial charge in [-0.15, -0.1) is 0 Å². The quantitative estimate of drug-likeness (QED) is 0.285. The summed E-state index contributed by atoms with van der Waals surface area (Å²) in [5.41, 5.74) is 12.3. The molecule has 3 rings (SSSR count). The van der Waals surface area contributed by atoms with Crippen molar-refractivity contribution in [3.63, 3.8) is 0 Å². The van der Waals surface area contributed by atoms with Crippen LogP contribution in [-0.2, 0) is 16.1 Å². The number of amides is 3. The van der Waals surface area contributed by atoms with Crippen LogP contribution in [0.5, 0.6) is 17.2 Å². The van der Waals surface area contributed by atoms with Crippen LogP contribution in [0.15, 0.2) is 42.5 Å². The number of nitrogen functional groups attached to an aromatic ring is 1. The second-order valence-electron chi connectivity index (χ2n) is 8.19. The largest absolute Gasteiger partial charge is 0.493 e. The Hall–Kier alpha value is -4.36. The Morgan fingerprint density at radius 2 is 1.67 bits per heavy atom. The average molecular weight is 558 g/mol. The zero-order valence-electron chi connectivity index (χ0n) is 22.1. The summed E-state index contributed by atoms with van der Waals surface area (Å²) in [6.45, 7) is 0.306. The monoisotopic (exact) mass is 557 g/mol.